The monoisotopic (exact) mass is 360 g/mol. The van der Waals surface area contributed by atoms with Gasteiger partial charge in [-0.3, -0.25) is 4.79 Å². The van der Waals surface area contributed by atoms with E-state index in [1.54, 1.807) is 11.3 Å². The minimum Gasteiger partial charge on any atom is -0.337 e. The molecule has 25 heavy (non-hydrogen) atoms. The number of fused-ring (bicyclic) bond motifs is 1. The smallest absolute Gasteiger partial charge is 0.263 e. The number of hydrogen-bond acceptors (Lipinski definition) is 3. The van der Waals surface area contributed by atoms with Crippen LogP contribution >= 0.6 is 11.3 Å². The Morgan fingerprint density at radius 1 is 0.960 bits per heavy atom. The molecule has 1 aliphatic heterocycles. The molecule has 0 radical (unpaired) electrons. The van der Waals surface area contributed by atoms with Gasteiger partial charge in [-0.05, 0) is 69.0 Å². The molecule has 3 aliphatic rings. The lowest BCUT2D eigenvalue weighted by molar-refractivity contribution is 0.0764. The summed E-state index contributed by atoms with van der Waals surface area (Å²) < 4.78 is 0. The Balaban J connectivity index is 1.33. The molecule has 0 unspecified atom stereocenters. The summed E-state index contributed by atoms with van der Waals surface area (Å²) in [6.07, 6.45) is 13.2. The Hall–Kier alpha value is -0.870. The first-order valence-corrected chi connectivity index (χ1v) is 11.2. The first-order valence-electron chi connectivity index (χ1n) is 10.4. The standard InChI is InChI=1S/C21H32N2OS/c24-21(20-15-18-9-4-5-10-19(18)25-20)23-12-6-11-22(13-14-23)16-17-7-2-1-3-8-17/h15,17H,1-14,16H2. The molecule has 1 saturated heterocycles. The van der Waals surface area contributed by atoms with Crippen LogP contribution in [-0.2, 0) is 12.8 Å². The maximum atomic E-state index is 13.0. The molecular formula is C21H32N2OS. The van der Waals surface area contributed by atoms with E-state index in [4.69, 9.17) is 0 Å². The molecule has 4 rings (SSSR count). The van der Waals surface area contributed by atoms with E-state index in [1.807, 2.05) is 0 Å². The quantitative estimate of drug-likeness (QED) is 0.800. The van der Waals surface area contributed by atoms with Crippen LogP contribution < -0.4 is 0 Å². The van der Waals surface area contributed by atoms with Crippen LogP contribution in [0.5, 0.6) is 0 Å². The zero-order valence-electron chi connectivity index (χ0n) is 15.5. The van der Waals surface area contributed by atoms with E-state index < -0.39 is 0 Å². The Kier molecular flexibility index (Phi) is 5.76. The summed E-state index contributed by atoms with van der Waals surface area (Å²) >= 11 is 1.77. The number of amides is 1. The molecule has 1 saturated carbocycles. The highest BCUT2D eigenvalue weighted by molar-refractivity contribution is 7.14. The van der Waals surface area contributed by atoms with Gasteiger partial charge in [0.15, 0.2) is 0 Å². The van der Waals surface area contributed by atoms with Gasteiger partial charge in [0.1, 0.15) is 0 Å². The van der Waals surface area contributed by atoms with Gasteiger partial charge in [0.25, 0.3) is 5.91 Å². The molecule has 0 spiro atoms. The lowest BCUT2D eigenvalue weighted by Crippen LogP contribution is -2.36. The SMILES string of the molecule is O=C(c1cc2c(s1)CCCC2)N1CCCN(CC2CCCCC2)CC1. The average Bonchev–Trinajstić information content (AvgIpc) is 2.95. The van der Waals surface area contributed by atoms with Gasteiger partial charge in [-0.2, -0.15) is 0 Å². The second-order valence-corrected chi connectivity index (χ2v) is 9.35. The van der Waals surface area contributed by atoms with Crippen LogP contribution in [0.4, 0.5) is 0 Å². The van der Waals surface area contributed by atoms with Crippen LogP contribution in [0.25, 0.3) is 0 Å². The van der Waals surface area contributed by atoms with Crippen LogP contribution in [0.2, 0.25) is 0 Å². The second kappa shape index (κ2) is 8.22. The molecule has 2 fully saturated rings. The summed E-state index contributed by atoms with van der Waals surface area (Å²) in [7, 11) is 0. The number of hydrogen-bond donors (Lipinski definition) is 0. The lowest BCUT2D eigenvalue weighted by Gasteiger charge is -2.28. The van der Waals surface area contributed by atoms with E-state index >= 15 is 0 Å². The van der Waals surface area contributed by atoms with E-state index in [2.05, 4.69) is 15.9 Å². The highest BCUT2D eigenvalue weighted by Crippen LogP contribution is 2.30. The van der Waals surface area contributed by atoms with Crippen LogP contribution in [-0.4, -0.2) is 48.4 Å². The van der Waals surface area contributed by atoms with Crippen molar-refractivity contribution in [2.45, 2.75) is 64.2 Å². The molecule has 1 aromatic heterocycles. The third-order valence-corrected chi connectivity index (χ3v) is 7.55. The van der Waals surface area contributed by atoms with Crippen molar-refractivity contribution in [2.75, 3.05) is 32.7 Å². The van der Waals surface area contributed by atoms with Crippen molar-refractivity contribution in [3.8, 4) is 0 Å². The fourth-order valence-corrected chi connectivity index (χ4v) is 6.06. The Bertz CT molecular complexity index is 567. The van der Waals surface area contributed by atoms with Gasteiger partial charge in [-0.1, -0.05) is 19.3 Å². The molecule has 0 N–H and O–H groups in total. The van der Waals surface area contributed by atoms with Gasteiger partial charge in [0, 0.05) is 31.1 Å². The summed E-state index contributed by atoms with van der Waals surface area (Å²) in [5.41, 5.74) is 1.45. The zero-order valence-corrected chi connectivity index (χ0v) is 16.3. The van der Waals surface area contributed by atoms with Gasteiger partial charge in [-0.15, -0.1) is 11.3 Å². The van der Waals surface area contributed by atoms with Crippen LogP contribution in [0.1, 0.15) is 71.5 Å². The molecule has 2 aliphatic carbocycles. The summed E-state index contributed by atoms with van der Waals surface area (Å²) in [6.45, 7) is 5.33. The molecule has 4 heteroatoms. The van der Waals surface area contributed by atoms with Gasteiger partial charge in [-0.25, -0.2) is 0 Å². The average molecular weight is 361 g/mol. The summed E-state index contributed by atoms with van der Waals surface area (Å²) in [5.74, 6) is 1.19. The number of thiophene rings is 1. The number of nitrogens with zero attached hydrogens (tertiary/aromatic N) is 2. The predicted octanol–water partition coefficient (Wildman–Crippen LogP) is 4.36. The van der Waals surface area contributed by atoms with Crippen LogP contribution in [0, 0.1) is 5.92 Å². The van der Waals surface area contributed by atoms with Crippen molar-refractivity contribution in [1.82, 2.24) is 9.80 Å². The van der Waals surface area contributed by atoms with Gasteiger partial charge >= 0.3 is 0 Å². The molecule has 0 atom stereocenters. The number of carbonyl (C=O) groups is 1. The number of aryl methyl sites for hydroxylation is 2. The van der Waals surface area contributed by atoms with Crippen molar-refractivity contribution in [1.29, 1.82) is 0 Å². The van der Waals surface area contributed by atoms with Crippen LogP contribution in [0.3, 0.4) is 0 Å². The summed E-state index contributed by atoms with van der Waals surface area (Å²) in [4.78, 5) is 20.2. The van der Waals surface area contributed by atoms with Crippen molar-refractivity contribution in [2.24, 2.45) is 5.92 Å². The largest absolute Gasteiger partial charge is 0.337 e. The summed E-state index contributed by atoms with van der Waals surface area (Å²) in [5, 5.41) is 0. The van der Waals surface area contributed by atoms with E-state index in [1.165, 1.54) is 81.3 Å². The van der Waals surface area contributed by atoms with E-state index in [0.29, 0.717) is 5.91 Å². The molecular weight excluding hydrogens is 328 g/mol. The Morgan fingerprint density at radius 3 is 2.64 bits per heavy atom. The molecule has 1 amide bonds. The molecule has 0 bridgehead atoms. The van der Waals surface area contributed by atoms with E-state index in [9.17, 15) is 4.79 Å². The molecule has 1 aromatic rings. The third-order valence-electron chi connectivity index (χ3n) is 6.32. The minimum atomic E-state index is 0.291. The van der Waals surface area contributed by atoms with Gasteiger partial charge in [0.2, 0.25) is 0 Å². The Labute approximate surface area is 156 Å². The molecule has 0 aromatic carbocycles. The predicted molar refractivity (Wildman–Crippen MR) is 104 cm³/mol. The van der Waals surface area contributed by atoms with Crippen molar-refractivity contribution < 1.29 is 4.79 Å². The topological polar surface area (TPSA) is 23.6 Å². The fraction of sp³-hybridized carbons (Fsp3) is 0.762. The number of rotatable bonds is 3. The maximum absolute atomic E-state index is 13.0. The van der Waals surface area contributed by atoms with Gasteiger partial charge < -0.3 is 9.80 Å². The highest BCUT2D eigenvalue weighted by Gasteiger charge is 2.25. The van der Waals surface area contributed by atoms with Crippen molar-refractivity contribution >= 4 is 17.2 Å². The molecule has 138 valence electrons. The Morgan fingerprint density at radius 2 is 1.80 bits per heavy atom. The normalized spacial score (nSPS) is 23.3. The van der Waals surface area contributed by atoms with Crippen LogP contribution in [0.15, 0.2) is 6.07 Å². The maximum Gasteiger partial charge on any atom is 0.263 e. The third kappa shape index (κ3) is 4.28. The first kappa shape index (κ1) is 17.5. The van der Waals surface area contributed by atoms with Crippen molar-refractivity contribution in [3.05, 3.63) is 21.4 Å². The van der Waals surface area contributed by atoms with Crippen molar-refractivity contribution in [3.63, 3.8) is 0 Å². The minimum absolute atomic E-state index is 0.291. The fourth-order valence-electron chi connectivity index (χ4n) is 4.84. The number of carbonyl (C=O) groups excluding carboxylic acids is 1. The van der Waals surface area contributed by atoms with Gasteiger partial charge in [0.05, 0.1) is 4.88 Å². The second-order valence-electron chi connectivity index (χ2n) is 8.22. The highest BCUT2D eigenvalue weighted by atomic mass is 32.1. The van der Waals surface area contributed by atoms with E-state index in [0.717, 1.165) is 36.9 Å². The first-order chi connectivity index (χ1) is 12.3. The molecule has 2 heterocycles. The molecule has 3 nitrogen and oxygen atoms in total. The zero-order chi connectivity index (χ0) is 17.1. The summed E-state index contributed by atoms with van der Waals surface area (Å²) in [6, 6.07) is 2.20. The lowest BCUT2D eigenvalue weighted by atomic mass is 9.89. The van der Waals surface area contributed by atoms with E-state index in [-0.39, 0.29) is 0 Å².